The quantitative estimate of drug-likeness (QED) is 0.690. The number of hydrogen-bond acceptors (Lipinski definition) is 3. The van der Waals surface area contributed by atoms with Crippen LogP contribution in [0.15, 0.2) is 42.9 Å². The van der Waals surface area contributed by atoms with Gasteiger partial charge in [-0.15, -0.1) is 0 Å². The van der Waals surface area contributed by atoms with Crippen molar-refractivity contribution in [2.24, 2.45) is 0 Å². The molecule has 0 atom stereocenters. The van der Waals surface area contributed by atoms with E-state index in [0.717, 1.165) is 16.8 Å². The Morgan fingerprint density at radius 1 is 1.12 bits per heavy atom. The number of hydrogen-bond donors (Lipinski definition) is 1. The van der Waals surface area contributed by atoms with Crippen LogP contribution in [-0.4, -0.2) is 14.6 Å². The fourth-order valence-corrected chi connectivity index (χ4v) is 1.83. The van der Waals surface area contributed by atoms with Gasteiger partial charge in [0.1, 0.15) is 0 Å². The summed E-state index contributed by atoms with van der Waals surface area (Å²) in [5, 5.41) is 4.25. The predicted octanol–water partition coefficient (Wildman–Crippen LogP) is 2.29. The minimum Gasteiger partial charge on any atom is -0.396 e. The Bertz CT molecular complexity index is 667. The summed E-state index contributed by atoms with van der Waals surface area (Å²) in [4.78, 5) is 4.31. The first kappa shape index (κ1) is 9.84. The summed E-state index contributed by atoms with van der Waals surface area (Å²) in [6, 6.07) is 8.31. The predicted molar refractivity (Wildman–Crippen MR) is 67.6 cm³/mol. The molecule has 0 amide bonds. The molecule has 2 N–H and O–H groups in total. The maximum Gasteiger partial charge on any atom is 0.162 e. The Morgan fingerprint density at radius 2 is 1.88 bits per heavy atom. The molecule has 0 fully saturated rings. The molecule has 0 radical (unpaired) electrons. The topological polar surface area (TPSA) is 56.2 Å². The monoisotopic (exact) mass is 224 g/mol. The van der Waals surface area contributed by atoms with Crippen molar-refractivity contribution < 1.29 is 0 Å². The molecule has 0 bridgehead atoms. The van der Waals surface area contributed by atoms with Crippen molar-refractivity contribution in [3.8, 4) is 11.1 Å². The molecule has 3 aromatic rings. The van der Waals surface area contributed by atoms with Crippen LogP contribution in [0.5, 0.6) is 0 Å². The summed E-state index contributed by atoms with van der Waals surface area (Å²) in [5.74, 6) is 0. The van der Waals surface area contributed by atoms with Crippen LogP contribution < -0.4 is 5.73 Å². The second-order valence-electron chi connectivity index (χ2n) is 4.08. The third-order valence-electron chi connectivity index (χ3n) is 2.74. The number of aromatic nitrogens is 3. The van der Waals surface area contributed by atoms with E-state index in [1.165, 1.54) is 5.56 Å². The second-order valence-corrected chi connectivity index (χ2v) is 4.08. The minimum atomic E-state index is 0.607. The Morgan fingerprint density at radius 3 is 2.65 bits per heavy atom. The van der Waals surface area contributed by atoms with Crippen LogP contribution >= 0.6 is 0 Å². The summed E-state index contributed by atoms with van der Waals surface area (Å²) >= 11 is 0. The fraction of sp³-hybridized carbons (Fsp3) is 0.0769. The highest BCUT2D eigenvalue weighted by Crippen LogP contribution is 2.23. The highest BCUT2D eigenvalue weighted by atomic mass is 15.2. The average molecular weight is 224 g/mol. The van der Waals surface area contributed by atoms with E-state index in [0.29, 0.717) is 5.69 Å². The molecule has 0 saturated heterocycles. The molecule has 0 aliphatic carbocycles. The highest BCUT2D eigenvalue weighted by Gasteiger charge is 2.07. The lowest BCUT2D eigenvalue weighted by molar-refractivity contribution is 0.942. The molecule has 2 aromatic heterocycles. The van der Waals surface area contributed by atoms with Gasteiger partial charge in [-0.05, 0) is 12.5 Å². The van der Waals surface area contributed by atoms with E-state index in [1.807, 2.05) is 6.20 Å². The molecular formula is C13H12N4. The van der Waals surface area contributed by atoms with Gasteiger partial charge in [-0.2, -0.15) is 5.10 Å². The third kappa shape index (κ3) is 1.63. The van der Waals surface area contributed by atoms with Gasteiger partial charge in [0.15, 0.2) is 5.65 Å². The lowest BCUT2D eigenvalue weighted by Gasteiger charge is -2.00. The third-order valence-corrected chi connectivity index (χ3v) is 2.74. The van der Waals surface area contributed by atoms with Crippen molar-refractivity contribution in [3.63, 3.8) is 0 Å². The molecule has 4 nitrogen and oxygen atoms in total. The van der Waals surface area contributed by atoms with Crippen molar-refractivity contribution in [3.05, 3.63) is 48.4 Å². The molecule has 0 aliphatic rings. The first-order valence-corrected chi connectivity index (χ1v) is 5.40. The summed E-state index contributed by atoms with van der Waals surface area (Å²) in [6.45, 7) is 2.07. The van der Waals surface area contributed by atoms with Crippen molar-refractivity contribution in [2.75, 3.05) is 5.73 Å². The Kier molecular flexibility index (Phi) is 2.08. The fourth-order valence-electron chi connectivity index (χ4n) is 1.83. The maximum absolute atomic E-state index is 5.67. The van der Waals surface area contributed by atoms with Crippen LogP contribution in [-0.2, 0) is 0 Å². The largest absolute Gasteiger partial charge is 0.396 e. The van der Waals surface area contributed by atoms with Crippen LogP contribution in [0.3, 0.4) is 0 Å². The molecule has 0 saturated carbocycles. The lowest BCUT2D eigenvalue weighted by Crippen LogP contribution is -1.94. The second kappa shape index (κ2) is 3.59. The number of benzene rings is 1. The number of anilines is 1. The molecular weight excluding hydrogens is 212 g/mol. The number of aryl methyl sites for hydroxylation is 1. The van der Waals surface area contributed by atoms with Gasteiger partial charge in [-0.3, -0.25) is 0 Å². The zero-order chi connectivity index (χ0) is 11.8. The summed E-state index contributed by atoms with van der Waals surface area (Å²) < 4.78 is 1.70. The van der Waals surface area contributed by atoms with Crippen molar-refractivity contribution in [1.29, 1.82) is 0 Å². The van der Waals surface area contributed by atoms with E-state index < -0.39 is 0 Å². The van der Waals surface area contributed by atoms with E-state index in [1.54, 1.807) is 16.9 Å². The van der Waals surface area contributed by atoms with Crippen LogP contribution in [0.4, 0.5) is 5.69 Å². The van der Waals surface area contributed by atoms with E-state index in [-0.39, 0.29) is 0 Å². The number of fused-ring (bicyclic) bond motifs is 1. The number of rotatable bonds is 1. The average Bonchev–Trinajstić information content (AvgIpc) is 2.73. The molecule has 4 heteroatoms. The van der Waals surface area contributed by atoms with Gasteiger partial charge in [0.2, 0.25) is 0 Å². The minimum absolute atomic E-state index is 0.607. The summed E-state index contributed by atoms with van der Waals surface area (Å²) in [6.07, 6.45) is 5.22. The van der Waals surface area contributed by atoms with Crippen LogP contribution in [0.2, 0.25) is 0 Å². The zero-order valence-electron chi connectivity index (χ0n) is 9.46. The van der Waals surface area contributed by atoms with Gasteiger partial charge in [-0.25, -0.2) is 9.50 Å². The van der Waals surface area contributed by atoms with E-state index >= 15 is 0 Å². The molecule has 0 unspecified atom stereocenters. The number of nitrogens with zero attached hydrogens (tertiary/aromatic N) is 3. The Hall–Kier alpha value is -2.36. The molecule has 3 rings (SSSR count). The van der Waals surface area contributed by atoms with E-state index in [9.17, 15) is 0 Å². The van der Waals surface area contributed by atoms with Crippen LogP contribution in [0, 0.1) is 6.92 Å². The van der Waals surface area contributed by atoms with Gasteiger partial charge in [0.05, 0.1) is 24.3 Å². The summed E-state index contributed by atoms with van der Waals surface area (Å²) in [7, 11) is 0. The first-order valence-electron chi connectivity index (χ1n) is 5.40. The molecule has 1 aromatic carbocycles. The SMILES string of the molecule is Cc1ccc(-c2cnn3cc(N)cnc23)cc1. The number of nitrogens with two attached hydrogens (primary N) is 1. The van der Waals surface area contributed by atoms with Gasteiger partial charge in [0.25, 0.3) is 0 Å². The van der Waals surface area contributed by atoms with Gasteiger partial charge < -0.3 is 5.73 Å². The molecule has 0 spiro atoms. The lowest BCUT2D eigenvalue weighted by atomic mass is 10.1. The summed E-state index contributed by atoms with van der Waals surface area (Å²) in [5.41, 5.74) is 10.5. The standard InChI is InChI=1S/C13H12N4/c1-9-2-4-10(5-3-9)12-7-16-17-8-11(14)6-15-13(12)17/h2-8H,14H2,1H3. The number of nitrogen functional groups attached to an aromatic ring is 1. The van der Waals surface area contributed by atoms with Crippen LogP contribution in [0.1, 0.15) is 5.56 Å². The highest BCUT2D eigenvalue weighted by molar-refractivity contribution is 5.77. The van der Waals surface area contributed by atoms with Gasteiger partial charge >= 0.3 is 0 Å². The van der Waals surface area contributed by atoms with E-state index in [2.05, 4.69) is 41.3 Å². The van der Waals surface area contributed by atoms with E-state index in [4.69, 9.17) is 5.73 Å². The van der Waals surface area contributed by atoms with Gasteiger partial charge in [0, 0.05) is 5.56 Å². The van der Waals surface area contributed by atoms with Gasteiger partial charge in [-0.1, -0.05) is 29.8 Å². The zero-order valence-corrected chi connectivity index (χ0v) is 9.46. The molecule has 2 heterocycles. The van der Waals surface area contributed by atoms with Crippen LogP contribution in [0.25, 0.3) is 16.8 Å². The normalized spacial score (nSPS) is 10.9. The smallest absolute Gasteiger partial charge is 0.162 e. The molecule has 17 heavy (non-hydrogen) atoms. The van der Waals surface area contributed by atoms with Crippen molar-refractivity contribution in [2.45, 2.75) is 6.92 Å². The molecule has 0 aliphatic heterocycles. The van der Waals surface area contributed by atoms with Crippen molar-refractivity contribution >= 4 is 11.3 Å². The molecule has 84 valence electrons. The van der Waals surface area contributed by atoms with Crippen molar-refractivity contribution in [1.82, 2.24) is 14.6 Å². The maximum atomic E-state index is 5.67. The Labute approximate surface area is 98.7 Å². The Balaban J connectivity index is 2.21. The first-order chi connectivity index (χ1) is 8.24.